The van der Waals surface area contributed by atoms with Gasteiger partial charge in [0, 0.05) is 45.5 Å². The molecule has 4 rings (SSSR count). The van der Waals surface area contributed by atoms with Crippen LogP contribution in [0, 0.1) is 5.92 Å². The number of anilines is 4. The van der Waals surface area contributed by atoms with E-state index in [1.54, 1.807) is 11.1 Å². The van der Waals surface area contributed by atoms with E-state index in [9.17, 15) is 26.3 Å². The van der Waals surface area contributed by atoms with Crippen molar-refractivity contribution in [3.05, 3.63) is 47.9 Å². The maximum Gasteiger partial charge on any atom is 0.422 e. The summed E-state index contributed by atoms with van der Waals surface area (Å²) in [6.07, 6.45) is -5.71. The van der Waals surface area contributed by atoms with Crippen molar-refractivity contribution in [2.75, 3.05) is 48.9 Å². The topological polar surface area (TPSA) is 92.2 Å². The lowest BCUT2D eigenvalue weighted by atomic mass is 9.93. The third kappa shape index (κ3) is 8.04. The van der Waals surface area contributed by atoms with E-state index in [2.05, 4.69) is 35.1 Å². The number of rotatable bonds is 8. The van der Waals surface area contributed by atoms with Crippen molar-refractivity contribution < 1.29 is 31.1 Å². The van der Waals surface area contributed by atoms with Crippen molar-refractivity contribution in [2.45, 2.75) is 31.6 Å². The molecule has 3 heterocycles. The van der Waals surface area contributed by atoms with E-state index in [0.29, 0.717) is 25.5 Å². The molecule has 210 valence electrons. The maximum absolute atomic E-state index is 13.1. The van der Waals surface area contributed by atoms with Crippen LogP contribution in [0.5, 0.6) is 6.01 Å². The quantitative estimate of drug-likeness (QED) is 0.390. The molecule has 1 fully saturated rings. The van der Waals surface area contributed by atoms with Gasteiger partial charge in [0.1, 0.15) is 11.6 Å². The van der Waals surface area contributed by atoms with Gasteiger partial charge in [0.2, 0.25) is 11.9 Å². The summed E-state index contributed by atoms with van der Waals surface area (Å²) in [7, 11) is 3.70. The van der Waals surface area contributed by atoms with Gasteiger partial charge in [0.15, 0.2) is 6.61 Å². The molecule has 0 atom stereocenters. The third-order valence-electron chi connectivity index (χ3n) is 5.91. The highest BCUT2D eigenvalue weighted by molar-refractivity contribution is 5.55. The molecular formula is C24H26F6N8O. The van der Waals surface area contributed by atoms with Gasteiger partial charge >= 0.3 is 18.4 Å². The zero-order valence-electron chi connectivity index (χ0n) is 21.1. The van der Waals surface area contributed by atoms with Crippen LogP contribution in [-0.2, 0) is 12.6 Å². The first-order valence-electron chi connectivity index (χ1n) is 12.0. The van der Waals surface area contributed by atoms with Gasteiger partial charge in [-0.15, -0.1) is 0 Å². The van der Waals surface area contributed by atoms with E-state index in [4.69, 9.17) is 4.74 Å². The number of ether oxygens (including phenoxy) is 1. The minimum Gasteiger partial charge on any atom is -0.454 e. The van der Waals surface area contributed by atoms with Crippen LogP contribution in [-0.4, -0.2) is 64.9 Å². The van der Waals surface area contributed by atoms with Crippen LogP contribution in [0.15, 0.2) is 36.5 Å². The van der Waals surface area contributed by atoms with Gasteiger partial charge in [-0.05, 0) is 43.0 Å². The first kappa shape index (κ1) is 28.1. The predicted octanol–water partition coefficient (Wildman–Crippen LogP) is 4.89. The van der Waals surface area contributed by atoms with Gasteiger partial charge in [-0.25, -0.2) is 4.98 Å². The summed E-state index contributed by atoms with van der Waals surface area (Å²) >= 11 is 0. The highest BCUT2D eigenvalue weighted by Gasteiger charge is 2.31. The lowest BCUT2D eigenvalue weighted by Crippen LogP contribution is -2.35. The van der Waals surface area contributed by atoms with Gasteiger partial charge in [-0.3, -0.25) is 0 Å². The van der Waals surface area contributed by atoms with Crippen LogP contribution in [0.4, 0.5) is 49.7 Å². The average molecular weight is 557 g/mol. The molecule has 1 saturated heterocycles. The fourth-order valence-electron chi connectivity index (χ4n) is 4.01. The fraction of sp³-hybridized carbons (Fsp3) is 0.458. The van der Waals surface area contributed by atoms with Gasteiger partial charge < -0.3 is 19.9 Å². The van der Waals surface area contributed by atoms with Gasteiger partial charge in [0.25, 0.3) is 0 Å². The number of nitrogens with zero attached hydrogens (tertiary/aromatic N) is 7. The molecule has 3 aromatic rings. The Hall–Kier alpha value is -3.91. The number of aromatic nitrogens is 5. The highest BCUT2D eigenvalue weighted by Crippen LogP contribution is 2.31. The predicted molar refractivity (Wildman–Crippen MR) is 131 cm³/mol. The van der Waals surface area contributed by atoms with Crippen molar-refractivity contribution in [1.82, 2.24) is 24.9 Å². The Kier molecular flexibility index (Phi) is 8.25. The molecule has 1 aliphatic heterocycles. The van der Waals surface area contributed by atoms with Crippen molar-refractivity contribution in [2.24, 2.45) is 5.92 Å². The number of alkyl halides is 6. The summed E-state index contributed by atoms with van der Waals surface area (Å²) in [5.41, 5.74) is -0.887. The molecular weight excluding hydrogens is 530 g/mol. The average Bonchev–Trinajstić information content (AvgIpc) is 2.87. The molecule has 1 N–H and O–H groups in total. The Balaban J connectivity index is 1.48. The summed E-state index contributed by atoms with van der Waals surface area (Å²) < 4.78 is 82.2. The van der Waals surface area contributed by atoms with E-state index in [1.165, 1.54) is 12.1 Å². The van der Waals surface area contributed by atoms with E-state index in [1.807, 2.05) is 20.2 Å². The van der Waals surface area contributed by atoms with E-state index < -0.39 is 30.5 Å². The second-order valence-electron chi connectivity index (χ2n) is 9.21. The first-order chi connectivity index (χ1) is 18.4. The van der Waals surface area contributed by atoms with Crippen molar-refractivity contribution in [3.8, 4) is 6.01 Å². The molecule has 0 unspecified atom stereocenters. The number of nitrogens with one attached hydrogen (secondary N) is 1. The van der Waals surface area contributed by atoms with E-state index in [0.717, 1.165) is 30.8 Å². The van der Waals surface area contributed by atoms with Crippen LogP contribution in [0.25, 0.3) is 0 Å². The van der Waals surface area contributed by atoms with Gasteiger partial charge in [-0.1, -0.05) is 6.07 Å². The molecule has 0 radical (unpaired) electrons. The molecule has 1 aromatic carbocycles. The minimum atomic E-state index is -4.62. The highest BCUT2D eigenvalue weighted by atomic mass is 19.4. The van der Waals surface area contributed by atoms with Crippen LogP contribution in [0.1, 0.15) is 24.2 Å². The Labute approximate surface area is 220 Å². The zero-order chi connectivity index (χ0) is 28.2. The summed E-state index contributed by atoms with van der Waals surface area (Å²) in [6, 6.07) is 5.57. The molecule has 0 amide bonds. The number of hydrogen-bond acceptors (Lipinski definition) is 9. The van der Waals surface area contributed by atoms with Crippen molar-refractivity contribution in [1.29, 1.82) is 0 Å². The molecule has 1 aliphatic rings. The first-order valence-corrected chi connectivity index (χ1v) is 12.0. The zero-order valence-corrected chi connectivity index (χ0v) is 21.1. The van der Waals surface area contributed by atoms with Crippen LogP contribution >= 0.6 is 0 Å². The summed E-state index contributed by atoms with van der Waals surface area (Å²) in [6.45, 7) is -0.246. The van der Waals surface area contributed by atoms with Crippen molar-refractivity contribution in [3.63, 3.8) is 0 Å². The number of piperidine rings is 1. The summed E-state index contributed by atoms with van der Waals surface area (Å²) in [4.78, 5) is 24.8. The van der Waals surface area contributed by atoms with E-state index >= 15 is 0 Å². The fourth-order valence-corrected chi connectivity index (χ4v) is 4.01. The Morgan fingerprint density at radius 1 is 1.00 bits per heavy atom. The molecule has 0 aliphatic carbocycles. The minimum absolute atomic E-state index is 0.0130. The Morgan fingerprint density at radius 3 is 2.41 bits per heavy atom. The number of benzene rings is 1. The SMILES string of the molecule is CN(C)c1nccc(N2CCC(Cc3nc(Nc4cccc(C(F)(F)F)c4)nc(OCC(F)(F)F)n3)CC2)n1. The Bertz CT molecular complexity index is 1260. The standard InChI is InChI=1S/C24H26F6N8O/c1-37(2)21-31-9-6-19(35-21)38-10-7-15(8-11-38)12-18-33-20(36-22(34-18)39-14-23(25,26)27)32-17-5-3-4-16(13-17)24(28,29)30/h3-6,9,13,15H,7-8,10-12,14H2,1-2H3,(H,32,33,34,36). The molecule has 2 aromatic heterocycles. The van der Waals surface area contributed by atoms with E-state index in [-0.39, 0.29) is 23.4 Å². The third-order valence-corrected chi connectivity index (χ3v) is 5.91. The number of hydrogen-bond donors (Lipinski definition) is 1. The summed E-state index contributed by atoms with van der Waals surface area (Å²) in [5.74, 6) is 1.45. The molecule has 15 heteroatoms. The lowest BCUT2D eigenvalue weighted by molar-refractivity contribution is -0.154. The molecule has 39 heavy (non-hydrogen) atoms. The largest absolute Gasteiger partial charge is 0.454 e. The van der Waals surface area contributed by atoms with Crippen LogP contribution < -0.4 is 19.9 Å². The van der Waals surface area contributed by atoms with Crippen LogP contribution in [0.3, 0.4) is 0 Å². The smallest absolute Gasteiger partial charge is 0.422 e. The van der Waals surface area contributed by atoms with Crippen molar-refractivity contribution >= 4 is 23.4 Å². The second kappa shape index (κ2) is 11.5. The monoisotopic (exact) mass is 556 g/mol. The summed E-state index contributed by atoms with van der Waals surface area (Å²) in [5, 5.41) is 2.62. The molecule has 9 nitrogen and oxygen atoms in total. The molecule has 0 saturated carbocycles. The normalized spacial score (nSPS) is 14.8. The second-order valence-corrected chi connectivity index (χ2v) is 9.21. The van der Waals surface area contributed by atoms with Crippen LogP contribution in [0.2, 0.25) is 0 Å². The Morgan fingerprint density at radius 2 is 1.74 bits per heavy atom. The maximum atomic E-state index is 13.1. The molecule has 0 spiro atoms. The lowest BCUT2D eigenvalue weighted by Gasteiger charge is -2.32. The van der Waals surface area contributed by atoms with Gasteiger partial charge in [0.05, 0.1) is 5.56 Å². The number of halogens is 6. The molecule has 0 bridgehead atoms. The van der Waals surface area contributed by atoms with Gasteiger partial charge in [-0.2, -0.15) is 46.3 Å².